The van der Waals surface area contributed by atoms with Crippen molar-refractivity contribution in [2.24, 2.45) is 0 Å². The molecule has 2 fully saturated rings. The third-order valence-electron chi connectivity index (χ3n) is 4.38. The number of benzene rings is 1. The third-order valence-corrected chi connectivity index (χ3v) is 4.38. The molecule has 0 radical (unpaired) electrons. The molecule has 1 heterocycles. The van der Waals surface area contributed by atoms with Crippen molar-refractivity contribution in [1.82, 2.24) is 5.32 Å². The Morgan fingerprint density at radius 2 is 1.94 bits per heavy atom. The quantitative estimate of drug-likeness (QED) is 0.824. The fraction of sp³-hybridized carbons (Fsp3) is 0.600. The highest BCUT2D eigenvalue weighted by Crippen LogP contribution is 2.40. The first-order chi connectivity index (χ1) is 8.28. The van der Waals surface area contributed by atoms with Crippen molar-refractivity contribution in [2.45, 2.75) is 43.7 Å². The molecular weight excluding hydrogens is 213 g/mol. The molecule has 3 rings (SSSR count). The number of piperidine rings is 1. The summed E-state index contributed by atoms with van der Waals surface area (Å²) in [6.45, 7) is 1.59. The lowest BCUT2D eigenvalue weighted by molar-refractivity contribution is 0.115. The predicted molar refractivity (Wildman–Crippen MR) is 67.9 cm³/mol. The highest BCUT2D eigenvalue weighted by molar-refractivity contribution is 5.32. The summed E-state index contributed by atoms with van der Waals surface area (Å²) < 4.78 is 14.8. The highest BCUT2D eigenvalue weighted by Gasteiger charge is 2.34. The molecule has 0 spiro atoms. The Labute approximate surface area is 102 Å². The third kappa shape index (κ3) is 2.11. The van der Waals surface area contributed by atoms with Gasteiger partial charge in [0, 0.05) is 0 Å². The lowest BCUT2D eigenvalue weighted by Crippen LogP contribution is -2.36. The summed E-state index contributed by atoms with van der Waals surface area (Å²) in [4.78, 5) is 0. The molecule has 0 bridgehead atoms. The smallest absolute Gasteiger partial charge is 0.138 e. The second-order valence-electron chi connectivity index (χ2n) is 5.47. The van der Waals surface area contributed by atoms with Crippen molar-refractivity contribution in [2.75, 3.05) is 13.1 Å². The van der Waals surface area contributed by atoms with E-state index in [0.717, 1.165) is 18.7 Å². The second-order valence-corrected chi connectivity index (χ2v) is 5.47. The second kappa shape index (κ2) is 4.41. The fourth-order valence-corrected chi connectivity index (χ4v) is 2.92. The van der Waals surface area contributed by atoms with Crippen molar-refractivity contribution in [3.8, 4) is 0 Å². The van der Waals surface area contributed by atoms with Crippen molar-refractivity contribution in [1.29, 1.82) is 0 Å². The van der Waals surface area contributed by atoms with E-state index in [0.29, 0.717) is 18.8 Å². The van der Waals surface area contributed by atoms with Gasteiger partial charge >= 0.3 is 0 Å². The van der Waals surface area contributed by atoms with E-state index in [1.165, 1.54) is 24.8 Å². The zero-order valence-corrected chi connectivity index (χ0v) is 10.2. The van der Waals surface area contributed by atoms with Crippen LogP contribution in [0.4, 0.5) is 4.39 Å². The van der Waals surface area contributed by atoms with E-state index < -0.39 is 5.67 Å². The average molecular weight is 233 g/mol. The zero-order chi connectivity index (χ0) is 11.7. The van der Waals surface area contributed by atoms with Crippen LogP contribution in [0, 0.1) is 0 Å². The number of halogens is 1. The lowest BCUT2D eigenvalue weighted by Gasteiger charge is -2.32. The van der Waals surface area contributed by atoms with E-state index in [1.807, 2.05) is 12.1 Å². The van der Waals surface area contributed by atoms with E-state index in [-0.39, 0.29) is 0 Å². The predicted octanol–water partition coefficient (Wildman–Crippen LogP) is 3.50. The zero-order valence-electron chi connectivity index (χ0n) is 10.2. The molecule has 2 aliphatic rings. The molecule has 92 valence electrons. The maximum atomic E-state index is 14.8. The summed E-state index contributed by atoms with van der Waals surface area (Å²) in [5.74, 6) is 0.695. The van der Waals surface area contributed by atoms with Crippen molar-refractivity contribution in [3.63, 3.8) is 0 Å². The number of rotatable bonds is 2. The van der Waals surface area contributed by atoms with Crippen LogP contribution in [0.25, 0.3) is 0 Å². The Morgan fingerprint density at radius 3 is 2.59 bits per heavy atom. The molecule has 0 atom stereocenters. The molecule has 1 saturated heterocycles. The minimum absolute atomic E-state index is 0.612. The first-order valence-corrected chi connectivity index (χ1v) is 6.78. The standard InChI is InChI=1S/C15H20FN/c16-15(7-9-17-10-8-15)14-6-2-5-13(11-14)12-3-1-4-12/h2,5-6,11-12,17H,1,3-4,7-10H2. The molecule has 17 heavy (non-hydrogen) atoms. The molecule has 0 amide bonds. The molecule has 2 heteroatoms. The van der Waals surface area contributed by atoms with Crippen LogP contribution in [0.5, 0.6) is 0 Å². The highest BCUT2D eigenvalue weighted by atomic mass is 19.1. The van der Waals surface area contributed by atoms with E-state index in [4.69, 9.17) is 0 Å². The lowest BCUT2D eigenvalue weighted by atomic mass is 9.78. The number of alkyl halides is 1. The Bertz CT molecular complexity index is 392. The van der Waals surface area contributed by atoms with Crippen LogP contribution in [0.1, 0.15) is 49.1 Å². The van der Waals surface area contributed by atoms with E-state index >= 15 is 0 Å². The molecule has 1 nitrogen and oxygen atoms in total. The van der Waals surface area contributed by atoms with Gasteiger partial charge in [0.2, 0.25) is 0 Å². The Kier molecular flexibility index (Phi) is 2.91. The summed E-state index contributed by atoms with van der Waals surface area (Å²) in [6, 6.07) is 8.28. The van der Waals surface area contributed by atoms with Gasteiger partial charge in [0.1, 0.15) is 5.67 Å². The van der Waals surface area contributed by atoms with Crippen LogP contribution in [0.2, 0.25) is 0 Å². The molecule has 1 aliphatic heterocycles. The first-order valence-electron chi connectivity index (χ1n) is 6.78. The van der Waals surface area contributed by atoms with E-state index in [1.54, 1.807) is 0 Å². The van der Waals surface area contributed by atoms with Gasteiger partial charge < -0.3 is 5.32 Å². The number of hydrogen-bond acceptors (Lipinski definition) is 1. The molecule has 0 unspecified atom stereocenters. The topological polar surface area (TPSA) is 12.0 Å². The van der Waals surface area contributed by atoms with Gasteiger partial charge in [0.25, 0.3) is 0 Å². The Balaban J connectivity index is 1.86. The van der Waals surface area contributed by atoms with E-state index in [9.17, 15) is 4.39 Å². The van der Waals surface area contributed by atoms with Crippen LogP contribution in [0.3, 0.4) is 0 Å². The van der Waals surface area contributed by atoms with Crippen LogP contribution in [-0.4, -0.2) is 13.1 Å². The Hall–Kier alpha value is -0.890. The summed E-state index contributed by atoms with van der Waals surface area (Å²) in [5, 5.41) is 3.23. The fourth-order valence-electron chi connectivity index (χ4n) is 2.92. The van der Waals surface area contributed by atoms with Gasteiger partial charge in [-0.05, 0) is 55.8 Å². The largest absolute Gasteiger partial charge is 0.316 e. The van der Waals surface area contributed by atoms with Gasteiger partial charge in [-0.3, -0.25) is 0 Å². The van der Waals surface area contributed by atoms with Crippen LogP contribution < -0.4 is 5.32 Å². The monoisotopic (exact) mass is 233 g/mol. The Morgan fingerprint density at radius 1 is 1.18 bits per heavy atom. The van der Waals surface area contributed by atoms with Gasteiger partial charge in [-0.25, -0.2) is 4.39 Å². The minimum atomic E-state index is -1.09. The van der Waals surface area contributed by atoms with Crippen molar-refractivity contribution >= 4 is 0 Å². The van der Waals surface area contributed by atoms with Crippen molar-refractivity contribution < 1.29 is 4.39 Å². The summed E-state index contributed by atoms with van der Waals surface area (Å²) in [6.07, 6.45) is 5.12. The summed E-state index contributed by atoms with van der Waals surface area (Å²) in [7, 11) is 0. The van der Waals surface area contributed by atoms with Gasteiger partial charge in [-0.1, -0.05) is 30.7 Å². The van der Waals surface area contributed by atoms with Gasteiger partial charge in [-0.2, -0.15) is 0 Å². The maximum Gasteiger partial charge on any atom is 0.138 e. The summed E-state index contributed by atoms with van der Waals surface area (Å²) in [5.41, 5.74) is 1.16. The normalized spacial score (nSPS) is 24.3. The SMILES string of the molecule is FC1(c2cccc(C3CCC3)c2)CCNCC1. The first kappa shape index (κ1) is 11.2. The molecule has 1 aromatic rings. The van der Waals surface area contributed by atoms with Gasteiger partial charge in [0.05, 0.1) is 0 Å². The number of hydrogen-bond donors (Lipinski definition) is 1. The van der Waals surface area contributed by atoms with E-state index in [2.05, 4.69) is 17.4 Å². The van der Waals surface area contributed by atoms with Crippen LogP contribution >= 0.6 is 0 Å². The minimum Gasteiger partial charge on any atom is -0.316 e. The van der Waals surface area contributed by atoms with Gasteiger partial charge in [-0.15, -0.1) is 0 Å². The van der Waals surface area contributed by atoms with Crippen LogP contribution in [-0.2, 0) is 5.67 Å². The summed E-state index contributed by atoms with van der Waals surface area (Å²) >= 11 is 0. The molecule has 1 aromatic carbocycles. The average Bonchev–Trinajstić information content (AvgIpc) is 2.28. The maximum absolute atomic E-state index is 14.8. The molecule has 1 saturated carbocycles. The molecule has 0 aromatic heterocycles. The molecular formula is C15H20FN. The van der Waals surface area contributed by atoms with Gasteiger partial charge in [0.15, 0.2) is 0 Å². The number of nitrogens with one attached hydrogen (secondary N) is 1. The van der Waals surface area contributed by atoms with Crippen LogP contribution in [0.15, 0.2) is 24.3 Å². The van der Waals surface area contributed by atoms with Crippen molar-refractivity contribution in [3.05, 3.63) is 35.4 Å². The molecule has 1 N–H and O–H groups in total. The molecule has 1 aliphatic carbocycles.